The maximum Gasteiger partial charge on any atom is 0.223 e. The van der Waals surface area contributed by atoms with Gasteiger partial charge in [-0.15, -0.1) is 0 Å². The molecule has 1 aromatic heterocycles. The van der Waals surface area contributed by atoms with E-state index in [0.717, 1.165) is 37.0 Å². The van der Waals surface area contributed by atoms with Crippen molar-refractivity contribution in [3.8, 4) is 23.2 Å². The van der Waals surface area contributed by atoms with Gasteiger partial charge in [0.15, 0.2) is 10.6 Å². The molecule has 1 aliphatic rings. The van der Waals surface area contributed by atoms with Crippen molar-refractivity contribution < 1.29 is 9.53 Å². The summed E-state index contributed by atoms with van der Waals surface area (Å²) < 4.78 is 7.72. The third-order valence-electron chi connectivity index (χ3n) is 4.79. The van der Waals surface area contributed by atoms with Crippen LogP contribution in [-0.4, -0.2) is 32.8 Å². The lowest BCUT2D eigenvalue weighted by Crippen LogP contribution is -2.45. The fourth-order valence-corrected chi connectivity index (χ4v) is 3.62. The van der Waals surface area contributed by atoms with Crippen LogP contribution in [-0.2, 0) is 11.3 Å². The van der Waals surface area contributed by atoms with E-state index in [-0.39, 0.29) is 12.3 Å². The van der Waals surface area contributed by atoms with Crippen molar-refractivity contribution in [3.05, 3.63) is 29.0 Å². The average Bonchev–Trinajstić information content (AvgIpc) is 3.28. The van der Waals surface area contributed by atoms with Gasteiger partial charge in [-0.3, -0.25) is 14.5 Å². The van der Waals surface area contributed by atoms with Gasteiger partial charge in [0.2, 0.25) is 5.91 Å². The summed E-state index contributed by atoms with van der Waals surface area (Å²) in [5, 5.41) is 19.4. The van der Waals surface area contributed by atoms with Crippen LogP contribution in [0.15, 0.2) is 24.3 Å². The molecule has 1 fully saturated rings. The van der Waals surface area contributed by atoms with Crippen LogP contribution in [0.2, 0.25) is 0 Å². The first kappa shape index (κ1) is 19.1. The number of aromatic nitrogens is 3. The summed E-state index contributed by atoms with van der Waals surface area (Å²) in [4.78, 5) is 12.4. The van der Waals surface area contributed by atoms with E-state index in [0.29, 0.717) is 23.7 Å². The van der Waals surface area contributed by atoms with Crippen LogP contribution >= 0.6 is 12.2 Å². The molecule has 8 heteroatoms. The summed E-state index contributed by atoms with van der Waals surface area (Å²) in [6, 6.07) is 9.86. The Balaban J connectivity index is 1.69. The van der Waals surface area contributed by atoms with E-state index in [9.17, 15) is 10.1 Å². The molecule has 1 heterocycles. The molecule has 7 nitrogen and oxygen atoms in total. The number of nitrogens with zero attached hydrogens (tertiary/aromatic N) is 3. The number of H-pyrrole nitrogens is 1. The highest BCUT2D eigenvalue weighted by atomic mass is 32.1. The second kappa shape index (κ2) is 8.35. The van der Waals surface area contributed by atoms with E-state index in [1.807, 2.05) is 31.2 Å². The van der Waals surface area contributed by atoms with Crippen LogP contribution in [0.4, 0.5) is 0 Å². The monoisotopic (exact) mass is 385 g/mol. The molecule has 0 atom stereocenters. The van der Waals surface area contributed by atoms with Crippen LogP contribution in [0.25, 0.3) is 11.4 Å². The van der Waals surface area contributed by atoms with Crippen LogP contribution < -0.4 is 10.1 Å². The molecule has 0 radical (unpaired) electrons. The van der Waals surface area contributed by atoms with Gasteiger partial charge < -0.3 is 10.1 Å². The molecule has 1 aromatic carbocycles. The fourth-order valence-electron chi connectivity index (χ4n) is 3.40. The molecule has 2 aromatic rings. The summed E-state index contributed by atoms with van der Waals surface area (Å²) in [5.41, 5.74) is 0.183. The van der Waals surface area contributed by atoms with E-state index >= 15 is 0 Å². The van der Waals surface area contributed by atoms with E-state index in [4.69, 9.17) is 17.0 Å². The number of carbonyl (C=O) groups excluding carboxylic acids is 1. The average molecular weight is 385 g/mol. The number of benzene rings is 1. The molecule has 1 aliphatic carbocycles. The second-order valence-electron chi connectivity index (χ2n) is 6.66. The predicted molar refractivity (Wildman–Crippen MR) is 104 cm³/mol. The lowest BCUT2D eigenvalue weighted by Gasteiger charge is -2.22. The Morgan fingerprint density at radius 3 is 2.74 bits per heavy atom. The molecule has 0 unspecified atom stereocenters. The van der Waals surface area contributed by atoms with Gasteiger partial charge in [-0.2, -0.15) is 10.4 Å². The molecule has 0 saturated heterocycles. The van der Waals surface area contributed by atoms with Gasteiger partial charge in [-0.05, 0) is 69.1 Å². The van der Waals surface area contributed by atoms with Crippen molar-refractivity contribution in [2.24, 2.45) is 0 Å². The predicted octanol–water partition coefficient (Wildman–Crippen LogP) is 3.35. The molecule has 0 bridgehead atoms. The lowest BCUT2D eigenvalue weighted by molar-refractivity contribution is -0.122. The Morgan fingerprint density at radius 1 is 1.41 bits per heavy atom. The standard InChI is InChI=1S/C19H23N5O2S/c1-2-26-15-7-5-14(6-8-15)17-22-23-18(27)24(17)12-9-16(25)21-19(13-20)10-3-4-11-19/h5-8H,2-4,9-12H2,1H3,(H,21,25)(H,23,27). The minimum Gasteiger partial charge on any atom is -0.494 e. The van der Waals surface area contributed by atoms with Crippen molar-refractivity contribution in [3.63, 3.8) is 0 Å². The number of ether oxygens (including phenoxy) is 1. The maximum absolute atomic E-state index is 12.4. The van der Waals surface area contributed by atoms with Crippen molar-refractivity contribution in [2.75, 3.05) is 6.61 Å². The Kier molecular flexibility index (Phi) is 5.91. The van der Waals surface area contributed by atoms with Crippen molar-refractivity contribution in [1.29, 1.82) is 5.26 Å². The van der Waals surface area contributed by atoms with E-state index in [2.05, 4.69) is 21.6 Å². The number of hydrogen-bond acceptors (Lipinski definition) is 5. The number of nitriles is 1. The van der Waals surface area contributed by atoms with Crippen LogP contribution in [0.1, 0.15) is 39.0 Å². The lowest BCUT2D eigenvalue weighted by atomic mass is 10.00. The van der Waals surface area contributed by atoms with Gasteiger partial charge >= 0.3 is 0 Å². The Labute approximate surface area is 163 Å². The summed E-state index contributed by atoms with van der Waals surface area (Å²) in [7, 11) is 0. The SMILES string of the molecule is CCOc1ccc(-c2n[nH]c(=S)n2CCC(=O)NC2(C#N)CCCC2)cc1. The highest BCUT2D eigenvalue weighted by Gasteiger charge is 2.35. The second-order valence-corrected chi connectivity index (χ2v) is 7.05. The van der Waals surface area contributed by atoms with Crippen LogP contribution in [0, 0.1) is 16.1 Å². The van der Waals surface area contributed by atoms with Crippen molar-refractivity contribution in [2.45, 2.75) is 51.1 Å². The number of carbonyl (C=O) groups is 1. The molecule has 1 saturated carbocycles. The molecular weight excluding hydrogens is 362 g/mol. The van der Waals surface area contributed by atoms with Gasteiger partial charge in [0.1, 0.15) is 11.3 Å². The Bertz CT molecular complexity index is 888. The van der Waals surface area contributed by atoms with E-state index in [1.165, 1.54) is 0 Å². The summed E-state index contributed by atoms with van der Waals surface area (Å²) >= 11 is 5.32. The van der Waals surface area contributed by atoms with Gasteiger partial charge in [-0.1, -0.05) is 0 Å². The zero-order chi connectivity index (χ0) is 19.3. The number of rotatable bonds is 7. The zero-order valence-electron chi connectivity index (χ0n) is 15.3. The first-order valence-corrected chi connectivity index (χ1v) is 9.58. The normalized spacial score (nSPS) is 15.3. The molecule has 3 rings (SSSR count). The third kappa shape index (κ3) is 4.37. The minimum absolute atomic E-state index is 0.140. The number of amides is 1. The first-order chi connectivity index (χ1) is 13.1. The van der Waals surface area contributed by atoms with E-state index in [1.54, 1.807) is 4.57 Å². The first-order valence-electron chi connectivity index (χ1n) is 9.17. The highest BCUT2D eigenvalue weighted by molar-refractivity contribution is 7.71. The van der Waals surface area contributed by atoms with Gasteiger partial charge in [0.25, 0.3) is 0 Å². The van der Waals surface area contributed by atoms with Gasteiger partial charge in [0, 0.05) is 18.5 Å². The van der Waals surface area contributed by atoms with Crippen LogP contribution in [0.3, 0.4) is 0 Å². The van der Waals surface area contributed by atoms with Gasteiger partial charge in [0.05, 0.1) is 12.7 Å². The zero-order valence-corrected chi connectivity index (χ0v) is 16.1. The van der Waals surface area contributed by atoms with E-state index < -0.39 is 5.54 Å². The molecule has 142 valence electrons. The van der Waals surface area contributed by atoms with Gasteiger partial charge in [-0.25, -0.2) is 0 Å². The smallest absolute Gasteiger partial charge is 0.223 e. The molecule has 1 amide bonds. The summed E-state index contributed by atoms with van der Waals surface area (Å²) in [6.07, 6.45) is 3.63. The third-order valence-corrected chi connectivity index (χ3v) is 5.11. The summed E-state index contributed by atoms with van der Waals surface area (Å²) in [5.74, 6) is 1.32. The molecule has 2 N–H and O–H groups in total. The molecule has 0 aliphatic heterocycles. The van der Waals surface area contributed by atoms with Crippen molar-refractivity contribution in [1.82, 2.24) is 20.1 Å². The summed E-state index contributed by atoms with van der Waals surface area (Å²) in [6.45, 7) is 2.94. The molecular formula is C19H23N5O2S. The van der Waals surface area contributed by atoms with Crippen LogP contribution in [0.5, 0.6) is 5.75 Å². The number of nitrogens with one attached hydrogen (secondary N) is 2. The quantitative estimate of drug-likeness (QED) is 0.713. The number of hydrogen-bond donors (Lipinski definition) is 2. The Morgan fingerprint density at radius 2 is 2.11 bits per heavy atom. The highest BCUT2D eigenvalue weighted by Crippen LogP contribution is 2.29. The largest absolute Gasteiger partial charge is 0.494 e. The molecule has 27 heavy (non-hydrogen) atoms. The minimum atomic E-state index is -0.702. The maximum atomic E-state index is 12.4. The van der Waals surface area contributed by atoms with Crippen molar-refractivity contribution >= 4 is 18.1 Å². The number of aromatic amines is 1. The topological polar surface area (TPSA) is 95.7 Å². The Hall–Kier alpha value is -2.66. The molecule has 0 spiro atoms. The fraction of sp³-hybridized carbons (Fsp3) is 0.474.